The molecule has 152 valence electrons. The van der Waals surface area contributed by atoms with E-state index in [0.717, 1.165) is 45.8 Å². The molecule has 5 rings (SSSR count). The lowest BCUT2D eigenvalue weighted by Crippen LogP contribution is -2.29. The Bertz CT molecular complexity index is 1140. The van der Waals surface area contributed by atoms with Gasteiger partial charge in [-0.15, -0.1) is 0 Å². The lowest BCUT2D eigenvalue weighted by atomic mass is 9.72. The molecule has 0 saturated heterocycles. The molecule has 5 heteroatoms. The number of nitrogens with one attached hydrogen (secondary N) is 1. The molecule has 0 amide bonds. The molecular formula is C25H24N2O3. The molecule has 0 spiro atoms. The van der Waals surface area contributed by atoms with Crippen LogP contribution in [0, 0.1) is 13.8 Å². The van der Waals surface area contributed by atoms with Gasteiger partial charge in [0.05, 0.1) is 18.4 Å². The Morgan fingerprint density at radius 1 is 1.00 bits per heavy atom. The minimum absolute atomic E-state index is 0.124. The van der Waals surface area contributed by atoms with Gasteiger partial charge in [-0.25, -0.2) is 0 Å². The summed E-state index contributed by atoms with van der Waals surface area (Å²) in [5, 5.41) is 7.57. The summed E-state index contributed by atoms with van der Waals surface area (Å²) >= 11 is 0. The van der Waals surface area contributed by atoms with E-state index in [2.05, 4.69) is 41.7 Å². The van der Waals surface area contributed by atoms with Crippen LogP contribution in [0.1, 0.15) is 52.6 Å². The van der Waals surface area contributed by atoms with Gasteiger partial charge in [-0.2, -0.15) is 0 Å². The number of methoxy groups -OCH3 is 1. The van der Waals surface area contributed by atoms with Crippen molar-refractivity contribution in [2.75, 3.05) is 12.4 Å². The van der Waals surface area contributed by atoms with Crippen LogP contribution in [-0.4, -0.2) is 18.0 Å². The molecule has 1 aromatic heterocycles. The second-order valence-electron chi connectivity index (χ2n) is 8.17. The fraction of sp³-hybridized carbons (Fsp3) is 0.280. The van der Waals surface area contributed by atoms with Gasteiger partial charge < -0.3 is 14.6 Å². The molecule has 1 N–H and O–H groups in total. The lowest BCUT2D eigenvalue weighted by molar-refractivity contribution is -0.116. The second-order valence-corrected chi connectivity index (χ2v) is 8.17. The van der Waals surface area contributed by atoms with Gasteiger partial charge in [0.15, 0.2) is 5.78 Å². The fourth-order valence-corrected chi connectivity index (χ4v) is 4.68. The normalized spacial score (nSPS) is 20.4. The molecule has 0 saturated carbocycles. The van der Waals surface area contributed by atoms with Gasteiger partial charge in [0.2, 0.25) is 5.88 Å². The number of fused-ring (bicyclic) bond motifs is 1. The molecule has 30 heavy (non-hydrogen) atoms. The van der Waals surface area contributed by atoms with Crippen molar-refractivity contribution in [2.45, 2.75) is 38.5 Å². The van der Waals surface area contributed by atoms with Gasteiger partial charge in [0.1, 0.15) is 5.75 Å². The molecule has 0 bridgehead atoms. The molecule has 2 unspecified atom stereocenters. The van der Waals surface area contributed by atoms with Gasteiger partial charge in [0.25, 0.3) is 0 Å². The number of carbonyl (C=O) groups excluding carboxylic acids is 1. The number of Topliss-reactive ketones (excluding diaryl/α,β-unsaturated/α-hetero) is 1. The first-order chi connectivity index (χ1) is 14.5. The first-order valence-corrected chi connectivity index (χ1v) is 10.2. The number of aryl methyl sites for hydroxylation is 2. The fourth-order valence-electron chi connectivity index (χ4n) is 4.68. The van der Waals surface area contributed by atoms with E-state index in [9.17, 15) is 4.79 Å². The predicted octanol–water partition coefficient (Wildman–Crippen LogP) is 5.26. The van der Waals surface area contributed by atoms with Crippen molar-refractivity contribution < 1.29 is 14.1 Å². The third-order valence-electron chi connectivity index (χ3n) is 6.26. The Morgan fingerprint density at radius 2 is 1.70 bits per heavy atom. The van der Waals surface area contributed by atoms with Crippen molar-refractivity contribution in [1.82, 2.24) is 5.16 Å². The van der Waals surface area contributed by atoms with Crippen LogP contribution in [0.3, 0.4) is 0 Å². The number of hydrogen-bond acceptors (Lipinski definition) is 5. The monoisotopic (exact) mass is 400 g/mol. The summed E-state index contributed by atoms with van der Waals surface area (Å²) in [5.74, 6) is 1.63. The van der Waals surface area contributed by atoms with Crippen molar-refractivity contribution in [2.24, 2.45) is 0 Å². The van der Waals surface area contributed by atoms with E-state index in [1.54, 1.807) is 7.11 Å². The van der Waals surface area contributed by atoms with Gasteiger partial charge >= 0.3 is 0 Å². The van der Waals surface area contributed by atoms with Gasteiger partial charge in [0, 0.05) is 23.6 Å². The zero-order chi connectivity index (χ0) is 20.8. The number of nitrogens with zero attached hydrogens (tertiary/aromatic N) is 1. The molecule has 5 nitrogen and oxygen atoms in total. The number of aromatic nitrogens is 1. The zero-order valence-corrected chi connectivity index (χ0v) is 17.4. The molecule has 3 aromatic rings. The SMILES string of the molecule is COc1ccc(C2CC(=O)C3=C(C2)Nc2onc(C)c2C3c2ccc(C)cc2)cc1. The summed E-state index contributed by atoms with van der Waals surface area (Å²) in [6.45, 7) is 4.00. The molecule has 2 heterocycles. The molecule has 2 aromatic carbocycles. The summed E-state index contributed by atoms with van der Waals surface area (Å²) in [4.78, 5) is 13.5. The topological polar surface area (TPSA) is 64.4 Å². The maximum Gasteiger partial charge on any atom is 0.233 e. The number of allylic oxidation sites excluding steroid dienone is 2. The number of benzene rings is 2. The maximum atomic E-state index is 13.5. The lowest BCUT2D eigenvalue weighted by Gasteiger charge is -2.34. The van der Waals surface area contributed by atoms with Gasteiger partial charge in [-0.3, -0.25) is 4.79 Å². The predicted molar refractivity (Wildman–Crippen MR) is 115 cm³/mol. The van der Waals surface area contributed by atoms with Crippen LogP contribution in [0.5, 0.6) is 5.75 Å². The Morgan fingerprint density at radius 3 is 2.40 bits per heavy atom. The average Bonchev–Trinajstić information content (AvgIpc) is 3.13. The van der Waals surface area contributed by atoms with Crippen molar-refractivity contribution >= 4 is 11.7 Å². The van der Waals surface area contributed by atoms with Gasteiger partial charge in [-0.1, -0.05) is 47.1 Å². The highest BCUT2D eigenvalue weighted by Gasteiger charge is 2.41. The number of ketones is 1. The number of ether oxygens (including phenoxy) is 1. The zero-order valence-electron chi connectivity index (χ0n) is 17.4. The van der Waals surface area contributed by atoms with E-state index in [-0.39, 0.29) is 17.6 Å². The highest BCUT2D eigenvalue weighted by molar-refractivity contribution is 6.01. The van der Waals surface area contributed by atoms with Gasteiger partial charge in [-0.05, 0) is 49.4 Å². The Labute approximate surface area is 175 Å². The Hall–Kier alpha value is -3.34. The third-order valence-corrected chi connectivity index (χ3v) is 6.26. The van der Waals surface area contributed by atoms with E-state index in [1.165, 1.54) is 5.56 Å². The van der Waals surface area contributed by atoms with E-state index in [4.69, 9.17) is 9.26 Å². The van der Waals surface area contributed by atoms with Crippen LogP contribution < -0.4 is 10.1 Å². The molecule has 1 aliphatic heterocycles. The van der Waals surface area contributed by atoms with Crippen LogP contribution in [0.25, 0.3) is 0 Å². The van der Waals surface area contributed by atoms with Crippen LogP contribution in [0.2, 0.25) is 0 Å². The number of carbonyl (C=O) groups is 1. The molecule has 0 fully saturated rings. The van der Waals surface area contributed by atoms with Crippen molar-refractivity contribution in [3.05, 3.63) is 87.7 Å². The standard InChI is InChI=1S/C25H24N2O3/c1-14-4-6-17(7-5-14)23-22-15(2)27-30-25(22)26-20-12-18(13-21(28)24(20)23)16-8-10-19(29-3)11-9-16/h4-11,18,23,26H,12-13H2,1-3H3. The maximum absolute atomic E-state index is 13.5. The molecule has 1 aliphatic carbocycles. The summed E-state index contributed by atoms with van der Waals surface area (Å²) in [5.41, 5.74) is 7.01. The Balaban J connectivity index is 1.58. The van der Waals surface area contributed by atoms with E-state index < -0.39 is 0 Å². The summed E-state index contributed by atoms with van der Waals surface area (Å²) in [7, 11) is 1.66. The average molecular weight is 400 g/mol. The third kappa shape index (κ3) is 3.02. The highest BCUT2D eigenvalue weighted by atomic mass is 16.5. The van der Waals surface area contributed by atoms with Crippen LogP contribution in [0.4, 0.5) is 5.88 Å². The largest absolute Gasteiger partial charge is 0.497 e. The summed E-state index contributed by atoms with van der Waals surface area (Å²) in [6, 6.07) is 16.4. The minimum atomic E-state index is -0.146. The molecule has 0 radical (unpaired) electrons. The molecular weight excluding hydrogens is 376 g/mol. The second kappa shape index (κ2) is 7.17. The number of hydrogen-bond donors (Lipinski definition) is 1. The van der Waals surface area contributed by atoms with E-state index >= 15 is 0 Å². The number of anilines is 1. The Kier molecular flexibility index (Phi) is 4.46. The van der Waals surface area contributed by atoms with Crippen LogP contribution >= 0.6 is 0 Å². The van der Waals surface area contributed by atoms with E-state index in [1.807, 2.05) is 31.2 Å². The van der Waals surface area contributed by atoms with Crippen molar-refractivity contribution in [3.8, 4) is 5.75 Å². The first-order valence-electron chi connectivity index (χ1n) is 10.2. The van der Waals surface area contributed by atoms with Crippen LogP contribution in [0.15, 0.2) is 64.3 Å². The quantitative estimate of drug-likeness (QED) is 0.650. The van der Waals surface area contributed by atoms with E-state index in [0.29, 0.717) is 12.3 Å². The van der Waals surface area contributed by atoms with Crippen molar-refractivity contribution in [3.63, 3.8) is 0 Å². The highest BCUT2D eigenvalue weighted by Crippen LogP contribution is 2.49. The minimum Gasteiger partial charge on any atom is -0.497 e. The summed E-state index contributed by atoms with van der Waals surface area (Å²) in [6.07, 6.45) is 1.25. The first kappa shape index (κ1) is 18.7. The van der Waals surface area contributed by atoms with Crippen molar-refractivity contribution in [1.29, 1.82) is 0 Å². The van der Waals surface area contributed by atoms with Crippen LogP contribution in [-0.2, 0) is 4.79 Å². The number of rotatable bonds is 3. The molecule has 2 aliphatic rings. The molecule has 2 atom stereocenters. The smallest absolute Gasteiger partial charge is 0.233 e. The summed E-state index contributed by atoms with van der Waals surface area (Å²) < 4.78 is 10.9.